The van der Waals surface area contributed by atoms with Gasteiger partial charge in [0.2, 0.25) is 70.9 Å². The minimum Gasteiger partial charge on any atom is -0.481 e. The molecule has 4 heterocycles. The van der Waals surface area contributed by atoms with Gasteiger partial charge in [0, 0.05) is 26.2 Å². The van der Waals surface area contributed by atoms with Crippen LogP contribution in [0, 0.1) is 11.8 Å². The Labute approximate surface area is 464 Å². The summed E-state index contributed by atoms with van der Waals surface area (Å²) in [5.41, 5.74) is 5.59. The molecule has 12 N–H and O–H groups in total. The Kier molecular flexibility index (Phi) is 23.7. The van der Waals surface area contributed by atoms with Crippen LogP contribution >= 0.6 is 0 Å². The number of aliphatic carboxylic acids is 2. The number of nitrogens with two attached hydrogens (primary N) is 1. The lowest BCUT2D eigenvalue weighted by Gasteiger charge is -2.32. The second kappa shape index (κ2) is 29.1. The van der Waals surface area contributed by atoms with E-state index in [0.29, 0.717) is 32.1 Å². The van der Waals surface area contributed by atoms with Gasteiger partial charge in [-0.1, -0.05) is 27.7 Å². The van der Waals surface area contributed by atoms with E-state index in [1.165, 1.54) is 54.2 Å². The summed E-state index contributed by atoms with van der Waals surface area (Å²) in [7, 11) is 0. The van der Waals surface area contributed by atoms with Crippen LogP contribution in [0.2, 0.25) is 0 Å². The number of carboxylic acid groups (broad SMARTS) is 2. The molecule has 0 unspecified atom stereocenters. The van der Waals surface area contributed by atoms with Crippen LogP contribution in [0.25, 0.3) is 0 Å². The van der Waals surface area contributed by atoms with E-state index in [1.54, 1.807) is 27.7 Å². The van der Waals surface area contributed by atoms with Crippen molar-refractivity contribution in [1.82, 2.24) is 62.1 Å². The van der Waals surface area contributed by atoms with Gasteiger partial charge < -0.3 is 78.1 Å². The number of likely N-dealkylation sites (tertiary alicyclic amines) is 4. The van der Waals surface area contributed by atoms with Gasteiger partial charge in [0.1, 0.15) is 66.5 Å². The molecule has 12 amide bonds. The van der Waals surface area contributed by atoms with Crippen molar-refractivity contribution in [2.24, 2.45) is 17.6 Å². The van der Waals surface area contributed by atoms with Gasteiger partial charge in [-0.15, -0.1) is 0 Å². The van der Waals surface area contributed by atoms with Gasteiger partial charge in [0.05, 0.1) is 19.0 Å². The summed E-state index contributed by atoms with van der Waals surface area (Å²) in [6.45, 7) is 13.8. The number of carboxylic acids is 2. The number of nitrogens with zero attached hydrogens (tertiary/aromatic N) is 4. The molecule has 80 heavy (non-hydrogen) atoms. The average molecular weight is 1130 g/mol. The number of carbonyl (C=O) groups excluding carboxylic acids is 12. The van der Waals surface area contributed by atoms with Crippen molar-refractivity contribution in [2.75, 3.05) is 32.7 Å². The van der Waals surface area contributed by atoms with Gasteiger partial charge in [-0.3, -0.25) is 62.3 Å². The number of carbonyl (C=O) groups is 14. The number of nitrogens with one attached hydrogen (secondary N) is 8. The molecular formula is C51H81N13O16. The number of hydrogen-bond acceptors (Lipinski definition) is 15. The minimum absolute atomic E-state index is 0.152. The first kappa shape index (κ1) is 65.1. The van der Waals surface area contributed by atoms with Crippen LogP contribution in [0.3, 0.4) is 0 Å². The molecule has 4 aliphatic heterocycles. The van der Waals surface area contributed by atoms with Crippen molar-refractivity contribution >= 4 is 82.8 Å². The SMILES string of the molecule is CC(C)[C@H](NC(=O)[C@H](C)NC(=O)[C@@H]1CCCN1C(=O)CNC(=O)[C@H](C)NC(=O)[C@@H]1CCCN1C(=O)[C@H](C)NC(=O)[C@H](C)NC(=O)[C@@H]1CCCN1C(=O)[C@H](C)NC(=O)[C@H](N)CC(=O)O)C(=O)N1CCC[C@H]1C(=O)N[C@@H](C(=O)O)C(C)C. The first-order valence-corrected chi connectivity index (χ1v) is 27.3. The zero-order valence-corrected chi connectivity index (χ0v) is 47.0. The van der Waals surface area contributed by atoms with Gasteiger partial charge in [0.15, 0.2) is 0 Å². The fraction of sp³-hybridized carbons (Fsp3) is 0.725. The van der Waals surface area contributed by atoms with Crippen LogP contribution < -0.4 is 48.3 Å². The standard InChI is InChI=1S/C51H81N13O16/c1-24(2)38(50(78)64-21-13-17-35(64)47(75)60-39(25(3)4)51(79)80)59-42(70)28(7)56-44(72)32-14-10-18-61(32)36(65)23-53-40(68)26(5)54-45(73)33-15-11-19-62(33)48(76)29(8)57-41(69)27(6)55-46(74)34-16-12-20-63(34)49(77)30(9)58-43(71)31(52)22-37(66)67/h24-35,38-39H,10-23,52H2,1-9H3,(H,53,68)(H,54,73)(H,55,74)(H,56,72)(H,57,69)(H,58,71)(H,59,70)(H,60,75)(H,66,67)(H,79,80)/t26-,27-,28-,29-,30-,31+,32-,33-,34-,35-,38-,39+/m0/s1. The molecule has 0 aromatic carbocycles. The number of hydrogen-bond donors (Lipinski definition) is 11. The summed E-state index contributed by atoms with van der Waals surface area (Å²) in [6.07, 6.45) is 2.15. The Morgan fingerprint density at radius 1 is 0.425 bits per heavy atom. The monoisotopic (exact) mass is 1130 g/mol. The third-order valence-corrected chi connectivity index (χ3v) is 14.7. The Bertz CT molecular complexity index is 2390. The largest absolute Gasteiger partial charge is 0.481 e. The van der Waals surface area contributed by atoms with Crippen LogP contribution in [0.15, 0.2) is 0 Å². The first-order valence-electron chi connectivity index (χ1n) is 27.3. The predicted molar refractivity (Wildman–Crippen MR) is 281 cm³/mol. The second-order valence-corrected chi connectivity index (χ2v) is 21.7. The first-order chi connectivity index (χ1) is 37.5. The molecule has 0 radical (unpaired) electrons. The van der Waals surface area contributed by atoms with Crippen molar-refractivity contribution < 1.29 is 77.3 Å². The van der Waals surface area contributed by atoms with E-state index in [0.717, 1.165) is 0 Å². The van der Waals surface area contributed by atoms with Gasteiger partial charge in [-0.2, -0.15) is 0 Å². The lowest BCUT2D eigenvalue weighted by Crippen LogP contribution is -2.59. The lowest BCUT2D eigenvalue weighted by atomic mass is 10.0. The smallest absolute Gasteiger partial charge is 0.326 e. The van der Waals surface area contributed by atoms with Crippen LogP contribution in [0.4, 0.5) is 0 Å². The van der Waals surface area contributed by atoms with Gasteiger partial charge in [-0.05, 0) is 97.8 Å². The zero-order valence-electron chi connectivity index (χ0n) is 47.0. The van der Waals surface area contributed by atoms with E-state index < -0.39 is 180 Å². The second-order valence-electron chi connectivity index (χ2n) is 21.7. The molecule has 0 spiro atoms. The summed E-state index contributed by atoms with van der Waals surface area (Å²) in [4.78, 5) is 188. The van der Waals surface area contributed by atoms with Crippen molar-refractivity contribution in [3.8, 4) is 0 Å². The summed E-state index contributed by atoms with van der Waals surface area (Å²) >= 11 is 0. The highest BCUT2D eigenvalue weighted by Crippen LogP contribution is 2.24. The molecule has 0 aliphatic carbocycles. The Balaban J connectivity index is 1.23. The fourth-order valence-electron chi connectivity index (χ4n) is 10.1. The summed E-state index contributed by atoms with van der Waals surface area (Å²) in [5.74, 6) is -11.4. The molecular weight excluding hydrogens is 1050 g/mol. The minimum atomic E-state index is -1.40. The molecule has 0 bridgehead atoms. The Morgan fingerprint density at radius 2 is 0.775 bits per heavy atom. The molecule has 4 rings (SSSR count). The van der Waals surface area contributed by atoms with Crippen LogP contribution in [0.5, 0.6) is 0 Å². The molecule has 0 aromatic heterocycles. The lowest BCUT2D eigenvalue weighted by molar-refractivity contribution is -0.146. The van der Waals surface area contributed by atoms with E-state index in [-0.39, 0.29) is 45.4 Å². The molecule has 4 fully saturated rings. The van der Waals surface area contributed by atoms with E-state index in [1.807, 2.05) is 0 Å². The summed E-state index contributed by atoms with van der Waals surface area (Å²) in [5, 5.41) is 38.8. The summed E-state index contributed by atoms with van der Waals surface area (Å²) in [6, 6.07) is -13.5. The van der Waals surface area contributed by atoms with Crippen molar-refractivity contribution in [3.63, 3.8) is 0 Å². The highest BCUT2D eigenvalue weighted by Gasteiger charge is 2.43. The molecule has 4 aliphatic rings. The fourth-order valence-corrected chi connectivity index (χ4v) is 10.1. The van der Waals surface area contributed by atoms with Crippen LogP contribution in [-0.4, -0.2) is 218 Å². The highest BCUT2D eigenvalue weighted by atomic mass is 16.4. The Hall–Kier alpha value is -7.46. The van der Waals surface area contributed by atoms with Crippen molar-refractivity contribution in [3.05, 3.63) is 0 Å². The van der Waals surface area contributed by atoms with Gasteiger partial charge in [0.25, 0.3) is 0 Å². The average Bonchev–Trinajstić information content (AvgIpc) is 4.25. The predicted octanol–water partition coefficient (Wildman–Crippen LogP) is -4.24. The Morgan fingerprint density at radius 3 is 1.18 bits per heavy atom. The van der Waals surface area contributed by atoms with Crippen molar-refractivity contribution in [1.29, 1.82) is 0 Å². The van der Waals surface area contributed by atoms with Crippen LogP contribution in [0.1, 0.15) is 120 Å². The maximum Gasteiger partial charge on any atom is 0.326 e. The summed E-state index contributed by atoms with van der Waals surface area (Å²) < 4.78 is 0. The molecule has 0 saturated carbocycles. The maximum absolute atomic E-state index is 13.8. The van der Waals surface area contributed by atoms with E-state index in [9.17, 15) is 72.2 Å². The topological polar surface area (TPSA) is 415 Å². The van der Waals surface area contributed by atoms with E-state index in [2.05, 4.69) is 42.5 Å². The quantitative estimate of drug-likeness (QED) is 0.0413. The van der Waals surface area contributed by atoms with Crippen molar-refractivity contribution in [2.45, 2.75) is 193 Å². The molecule has 12 atom stereocenters. The number of amides is 12. The van der Waals surface area contributed by atoms with Gasteiger partial charge in [-0.25, -0.2) is 4.79 Å². The van der Waals surface area contributed by atoms with E-state index in [4.69, 9.17) is 10.8 Å². The maximum atomic E-state index is 13.8. The normalized spacial score (nSPS) is 21.9. The van der Waals surface area contributed by atoms with Crippen LogP contribution in [-0.2, 0) is 67.1 Å². The molecule has 446 valence electrons. The molecule has 0 aromatic rings. The third kappa shape index (κ3) is 17.0. The third-order valence-electron chi connectivity index (χ3n) is 14.7. The zero-order chi connectivity index (χ0) is 60.0. The molecule has 4 saturated heterocycles. The number of rotatable bonds is 25. The van der Waals surface area contributed by atoms with Gasteiger partial charge >= 0.3 is 11.9 Å². The highest BCUT2D eigenvalue weighted by molar-refractivity contribution is 5.99. The molecule has 29 heteroatoms. The molecule has 29 nitrogen and oxygen atoms in total. The van der Waals surface area contributed by atoms with E-state index >= 15 is 0 Å².